The van der Waals surface area contributed by atoms with Gasteiger partial charge in [0.1, 0.15) is 5.56 Å². The Bertz CT molecular complexity index is 857. The largest absolute Gasteiger partial charge is 0.477 e. The summed E-state index contributed by atoms with van der Waals surface area (Å²) >= 11 is 0. The summed E-state index contributed by atoms with van der Waals surface area (Å²) < 4.78 is 1.06. The van der Waals surface area contributed by atoms with Crippen molar-refractivity contribution in [3.05, 3.63) is 47.9 Å². The molecule has 0 aliphatic heterocycles. The van der Waals surface area contributed by atoms with Gasteiger partial charge in [0.2, 0.25) is 0 Å². The van der Waals surface area contributed by atoms with Gasteiger partial charge in [-0.25, -0.2) is 14.3 Å². The average Bonchev–Trinajstić information content (AvgIpc) is 2.90. The Hall–Kier alpha value is -3.29. The maximum Gasteiger partial charge on any atom is 0.354 e. The summed E-state index contributed by atoms with van der Waals surface area (Å²) in [6, 6.07) is 6.51. The molecule has 0 saturated heterocycles. The number of primary amides is 1. The first-order valence-electron chi connectivity index (χ1n) is 5.91. The van der Waals surface area contributed by atoms with Crippen LogP contribution in [0.3, 0.4) is 0 Å². The molecule has 8 heteroatoms. The van der Waals surface area contributed by atoms with Gasteiger partial charge in [0.25, 0.3) is 5.91 Å². The third-order valence-electron chi connectivity index (χ3n) is 2.88. The van der Waals surface area contributed by atoms with Crippen LogP contribution >= 0.6 is 0 Å². The summed E-state index contributed by atoms with van der Waals surface area (Å²) in [7, 11) is 0. The number of aromatic nitrogens is 4. The van der Waals surface area contributed by atoms with Crippen LogP contribution in [0.2, 0.25) is 0 Å². The number of carboxylic acids is 1. The molecule has 1 amide bonds. The number of carbonyl (C=O) groups is 2. The summed E-state index contributed by atoms with van der Waals surface area (Å²) in [5, 5.41) is 13.1. The molecule has 0 saturated carbocycles. The number of rotatable bonds is 3. The molecular formula is C13H9N5O3. The van der Waals surface area contributed by atoms with E-state index in [1.54, 1.807) is 24.4 Å². The Morgan fingerprint density at radius 1 is 1.24 bits per heavy atom. The zero-order chi connectivity index (χ0) is 15.0. The van der Waals surface area contributed by atoms with Crippen molar-refractivity contribution in [2.75, 3.05) is 0 Å². The number of pyridine rings is 1. The summed E-state index contributed by atoms with van der Waals surface area (Å²) in [5.74, 6) is -1.93. The fraction of sp³-hybridized carbons (Fsp3) is 0. The van der Waals surface area contributed by atoms with Gasteiger partial charge in [-0.05, 0) is 18.2 Å². The molecule has 0 aromatic carbocycles. The molecule has 3 N–H and O–H groups in total. The smallest absolute Gasteiger partial charge is 0.354 e. The lowest BCUT2D eigenvalue weighted by Gasteiger charge is -2.05. The van der Waals surface area contributed by atoms with Gasteiger partial charge in [0.05, 0.1) is 17.6 Å². The van der Waals surface area contributed by atoms with E-state index in [-0.39, 0.29) is 16.9 Å². The van der Waals surface area contributed by atoms with Crippen LogP contribution in [0.1, 0.15) is 20.8 Å². The van der Waals surface area contributed by atoms with Crippen LogP contribution in [0, 0.1) is 0 Å². The summed E-state index contributed by atoms with van der Waals surface area (Å²) in [5.41, 5.74) is 6.06. The molecule has 3 aromatic heterocycles. The molecule has 3 heterocycles. The molecular weight excluding hydrogens is 274 g/mol. The highest BCUT2D eigenvalue weighted by Gasteiger charge is 2.19. The van der Waals surface area contributed by atoms with Crippen LogP contribution in [-0.2, 0) is 0 Å². The summed E-state index contributed by atoms with van der Waals surface area (Å²) in [6.45, 7) is 0. The first-order chi connectivity index (χ1) is 10.1. The molecule has 3 rings (SSSR count). The molecule has 0 radical (unpaired) electrons. The number of fused-ring (bicyclic) bond motifs is 1. The second-order valence-electron chi connectivity index (χ2n) is 4.20. The molecule has 104 valence electrons. The van der Waals surface area contributed by atoms with Crippen molar-refractivity contribution >= 4 is 17.5 Å². The topological polar surface area (TPSA) is 123 Å². The minimum absolute atomic E-state index is 0.0512. The van der Waals surface area contributed by atoms with Gasteiger partial charge in [-0.1, -0.05) is 6.07 Å². The third-order valence-corrected chi connectivity index (χ3v) is 2.88. The molecule has 0 unspecified atom stereocenters. The summed E-state index contributed by atoms with van der Waals surface area (Å²) in [6.07, 6.45) is 2.76. The number of carbonyl (C=O) groups excluding carboxylic acids is 1. The Morgan fingerprint density at radius 2 is 2.05 bits per heavy atom. The van der Waals surface area contributed by atoms with Crippen molar-refractivity contribution in [1.82, 2.24) is 19.6 Å². The Balaban J connectivity index is 2.35. The number of nitrogens with two attached hydrogens (primary N) is 1. The lowest BCUT2D eigenvalue weighted by atomic mass is 10.2. The maximum atomic E-state index is 11.4. The number of aromatic carboxylic acids is 1. The first kappa shape index (κ1) is 12.7. The molecule has 21 heavy (non-hydrogen) atoms. The fourth-order valence-electron chi connectivity index (χ4n) is 1.93. The normalized spacial score (nSPS) is 10.7. The van der Waals surface area contributed by atoms with Crippen molar-refractivity contribution in [2.24, 2.45) is 5.73 Å². The fourth-order valence-corrected chi connectivity index (χ4v) is 1.93. The molecule has 0 bridgehead atoms. The minimum atomic E-state index is -1.20. The van der Waals surface area contributed by atoms with Crippen LogP contribution in [-0.4, -0.2) is 36.6 Å². The number of carboxylic acid groups (broad SMARTS) is 1. The van der Waals surface area contributed by atoms with E-state index in [4.69, 9.17) is 5.73 Å². The third kappa shape index (κ3) is 2.08. The Kier molecular flexibility index (Phi) is 2.83. The van der Waals surface area contributed by atoms with E-state index in [0.717, 1.165) is 4.52 Å². The maximum absolute atomic E-state index is 11.4. The van der Waals surface area contributed by atoms with Gasteiger partial charge in [0.15, 0.2) is 11.3 Å². The van der Waals surface area contributed by atoms with Crippen LogP contribution in [0.4, 0.5) is 0 Å². The van der Waals surface area contributed by atoms with Gasteiger partial charge in [0, 0.05) is 6.20 Å². The van der Waals surface area contributed by atoms with E-state index < -0.39 is 11.9 Å². The van der Waals surface area contributed by atoms with E-state index in [0.29, 0.717) is 11.4 Å². The number of hydrogen-bond donors (Lipinski definition) is 2. The van der Waals surface area contributed by atoms with Gasteiger partial charge in [-0.2, -0.15) is 5.10 Å². The van der Waals surface area contributed by atoms with Crippen molar-refractivity contribution < 1.29 is 14.7 Å². The molecule has 0 aliphatic carbocycles. The van der Waals surface area contributed by atoms with Gasteiger partial charge >= 0.3 is 5.97 Å². The number of hydrogen-bond acceptors (Lipinski definition) is 5. The zero-order valence-corrected chi connectivity index (χ0v) is 10.6. The van der Waals surface area contributed by atoms with Gasteiger partial charge < -0.3 is 10.8 Å². The van der Waals surface area contributed by atoms with E-state index in [1.807, 2.05) is 0 Å². The first-order valence-corrected chi connectivity index (χ1v) is 5.91. The lowest BCUT2D eigenvalue weighted by Crippen LogP contribution is -2.13. The highest BCUT2D eigenvalue weighted by molar-refractivity contribution is 5.99. The van der Waals surface area contributed by atoms with E-state index in [2.05, 4.69) is 15.1 Å². The van der Waals surface area contributed by atoms with Crippen LogP contribution in [0.15, 0.2) is 36.7 Å². The standard InChI is InChI=1S/C13H9N5O3/c14-11(19)7-6-16-18-10(13(20)21)5-9(17-12(7)18)8-3-1-2-4-15-8/h1-6H,(H2,14,19)(H,20,21). The molecule has 0 aliphatic rings. The number of amides is 1. The van der Waals surface area contributed by atoms with Crippen LogP contribution in [0.25, 0.3) is 17.0 Å². The van der Waals surface area contributed by atoms with E-state index >= 15 is 0 Å². The van der Waals surface area contributed by atoms with E-state index in [1.165, 1.54) is 12.3 Å². The minimum Gasteiger partial charge on any atom is -0.477 e. The van der Waals surface area contributed by atoms with Gasteiger partial charge in [-0.3, -0.25) is 9.78 Å². The molecule has 8 nitrogen and oxygen atoms in total. The SMILES string of the molecule is NC(=O)c1cnn2c(C(=O)O)cc(-c3ccccn3)nc12. The van der Waals surface area contributed by atoms with Crippen molar-refractivity contribution in [1.29, 1.82) is 0 Å². The molecule has 0 fully saturated rings. The van der Waals surface area contributed by atoms with Crippen LogP contribution < -0.4 is 5.73 Å². The second-order valence-corrected chi connectivity index (χ2v) is 4.20. The summed E-state index contributed by atoms with van der Waals surface area (Å²) in [4.78, 5) is 31.1. The van der Waals surface area contributed by atoms with E-state index in [9.17, 15) is 14.7 Å². The zero-order valence-electron chi connectivity index (χ0n) is 10.6. The second kappa shape index (κ2) is 4.67. The Morgan fingerprint density at radius 3 is 2.67 bits per heavy atom. The van der Waals surface area contributed by atoms with Crippen molar-refractivity contribution in [3.63, 3.8) is 0 Å². The van der Waals surface area contributed by atoms with Gasteiger partial charge in [-0.15, -0.1) is 0 Å². The number of nitrogens with zero attached hydrogens (tertiary/aromatic N) is 4. The van der Waals surface area contributed by atoms with Crippen LogP contribution in [0.5, 0.6) is 0 Å². The predicted molar refractivity (Wildman–Crippen MR) is 71.7 cm³/mol. The highest BCUT2D eigenvalue weighted by atomic mass is 16.4. The monoisotopic (exact) mass is 283 g/mol. The lowest BCUT2D eigenvalue weighted by molar-refractivity contribution is 0.0687. The highest BCUT2D eigenvalue weighted by Crippen LogP contribution is 2.19. The quantitative estimate of drug-likeness (QED) is 0.725. The van der Waals surface area contributed by atoms with Crippen molar-refractivity contribution in [3.8, 4) is 11.4 Å². The van der Waals surface area contributed by atoms with Crippen molar-refractivity contribution in [2.45, 2.75) is 0 Å². The average molecular weight is 283 g/mol. The molecule has 0 atom stereocenters. The predicted octanol–water partition coefficient (Wildman–Crippen LogP) is 0.588. The molecule has 3 aromatic rings. The molecule has 0 spiro atoms. The Labute approximate surface area is 117 Å².